The van der Waals surface area contributed by atoms with Crippen molar-refractivity contribution in [2.75, 3.05) is 25.1 Å². The van der Waals surface area contributed by atoms with E-state index >= 15 is 0 Å². The Morgan fingerprint density at radius 3 is 2.73 bits per heavy atom. The number of nitrogens with one attached hydrogen (secondary N) is 1. The molecule has 1 amide bonds. The van der Waals surface area contributed by atoms with Gasteiger partial charge in [0.05, 0.1) is 7.11 Å². The number of hydrogen-bond donors (Lipinski definition) is 1. The van der Waals surface area contributed by atoms with E-state index < -0.39 is 11.5 Å². The van der Waals surface area contributed by atoms with Gasteiger partial charge in [-0.25, -0.2) is 4.39 Å². The largest absolute Gasteiger partial charge is 0.497 e. The van der Waals surface area contributed by atoms with Crippen LogP contribution in [0.2, 0.25) is 0 Å². The number of methoxy groups -OCH3 is 1. The van der Waals surface area contributed by atoms with Crippen molar-refractivity contribution in [3.05, 3.63) is 76.0 Å². The molecule has 9 heteroatoms. The van der Waals surface area contributed by atoms with Gasteiger partial charge in [-0.2, -0.15) is 0 Å². The van der Waals surface area contributed by atoms with E-state index in [1.807, 2.05) is 24.3 Å². The van der Waals surface area contributed by atoms with Gasteiger partial charge in [-0.1, -0.05) is 12.1 Å². The molecular formula is C21H20FN5O3. The predicted molar refractivity (Wildman–Crippen MR) is 109 cm³/mol. The maximum atomic E-state index is 13.2. The van der Waals surface area contributed by atoms with Crippen molar-refractivity contribution in [2.24, 2.45) is 0 Å². The normalized spacial score (nSPS) is 12.5. The highest BCUT2D eigenvalue weighted by Gasteiger charge is 2.27. The zero-order valence-electron chi connectivity index (χ0n) is 16.3. The lowest BCUT2D eigenvalue weighted by Gasteiger charge is -2.16. The van der Waals surface area contributed by atoms with Gasteiger partial charge >= 0.3 is 0 Å². The first-order valence-corrected chi connectivity index (χ1v) is 9.48. The fourth-order valence-corrected chi connectivity index (χ4v) is 3.35. The lowest BCUT2D eigenvalue weighted by molar-refractivity contribution is 0.0945. The van der Waals surface area contributed by atoms with Crippen LogP contribution in [0.5, 0.6) is 5.75 Å². The van der Waals surface area contributed by atoms with Crippen molar-refractivity contribution in [1.29, 1.82) is 0 Å². The summed E-state index contributed by atoms with van der Waals surface area (Å²) >= 11 is 0. The number of carbonyl (C=O) groups excluding carboxylic acids is 1. The number of carbonyl (C=O) groups is 1. The molecule has 0 unspecified atom stereocenters. The first kappa shape index (κ1) is 19.6. The van der Waals surface area contributed by atoms with E-state index in [1.165, 1.54) is 16.7 Å². The molecule has 0 spiro atoms. The molecule has 3 aromatic rings. The van der Waals surface area contributed by atoms with E-state index in [0.29, 0.717) is 37.7 Å². The monoisotopic (exact) mass is 409 g/mol. The van der Waals surface area contributed by atoms with Crippen LogP contribution in [0.4, 0.5) is 16.0 Å². The van der Waals surface area contributed by atoms with Crippen molar-refractivity contribution < 1.29 is 13.9 Å². The Bertz CT molecular complexity index is 1130. The summed E-state index contributed by atoms with van der Waals surface area (Å²) in [6.45, 7) is 1.19. The summed E-state index contributed by atoms with van der Waals surface area (Å²) in [4.78, 5) is 27.0. The number of ether oxygens (including phenoxy) is 1. The highest BCUT2D eigenvalue weighted by atomic mass is 19.1. The summed E-state index contributed by atoms with van der Waals surface area (Å²) in [5, 5.41) is 10.7. The van der Waals surface area contributed by atoms with E-state index in [-0.39, 0.29) is 11.5 Å². The van der Waals surface area contributed by atoms with Crippen LogP contribution in [0.15, 0.2) is 53.3 Å². The van der Waals surface area contributed by atoms with E-state index in [2.05, 4.69) is 15.5 Å². The number of hydrogen-bond acceptors (Lipinski definition) is 6. The first-order valence-electron chi connectivity index (χ1n) is 9.48. The molecule has 2 heterocycles. The molecule has 0 radical (unpaired) electrons. The summed E-state index contributed by atoms with van der Waals surface area (Å²) in [6.07, 6.45) is 0.584. The Labute approximate surface area is 171 Å². The lowest BCUT2D eigenvalue weighted by Crippen LogP contribution is -2.35. The van der Waals surface area contributed by atoms with E-state index in [9.17, 15) is 14.0 Å². The van der Waals surface area contributed by atoms with Crippen LogP contribution >= 0.6 is 0 Å². The van der Waals surface area contributed by atoms with Crippen LogP contribution in [0.25, 0.3) is 0 Å². The summed E-state index contributed by atoms with van der Waals surface area (Å²) in [5.41, 5.74) is 0.960. The Morgan fingerprint density at radius 1 is 1.17 bits per heavy atom. The van der Waals surface area contributed by atoms with Crippen molar-refractivity contribution >= 4 is 17.5 Å². The van der Waals surface area contributed by atoms with Crippen molar-refractivity contribution in [1.82, 2.24) is 20.1 Å². The second-order valence-corrected chi connectivity index (χ2v) is 6.79. The minimum absolute atomic E-state index is 0.245. The summed E-state index contributed by atoms with van der Waals surface area (Å²) in [7, 11) is 1.60. The van der Waals surface area contributed by atoms with Gasteiger partial charge in [0.2, 0.25) is 11.6 Å². The Kier molecular flexibility index (Phi) is 5.42. The smallest absolute Gasteiger partial charge is 0.286 e. The number of fused-ring (bicyclic) bond motifs is 1. The van der Waals surface area contributed by atoms with Gasteiger partial charge in [-0.15, -0.1) is 10.2 Å². The van der Waals surface area contributed by atoms with E-state index in [4.69, 9.17) is 4.74 Å². The van der Waals surface area contributed by atoms with Crippen molar-refractivity contribution in [3.8, 4) is 5.75 Å². The minimum atomic E-state index is -0.564. The third kappa shape index (κ3) is 3.86. The van der Waals surface area contributed by atoms with Crippen molar-refractivity contribution in [3.63, 3.8) is 0 Å². The average molecular weight is 409 g/mol. The molecule has 0 bridgehead atoms. The number of nitrogens with zero attached hydrogens (tertiary/aromatic N) is 4. The van der Waals surface area contributed by atoms with Crippen molar-refractivity contribution in [2.45, 2.75) is 13.0 Å². The van der Waals surface area contributed by atoms with Gasteiger partial charge < -0.3 is 15.0 Å². The lowest BCUT2D eigenvalue weighted by atomic mass is 10.1. The zero-order chi connectivity index (χ0) is 21.1. The molecule has 2 aromatic carbocycles. The number of rotatable bonds is 6. The van der Waals surface area contributed by atoms with Gasteiger partial charge in [0.1, 0.15) is 11.6 Å². The van der Waals surface area contributed by atoms with Crippen LogP contribution in [-0.4, -0.2) is 40.9 Å². The van der Waals surface area contributed by atoms with Gasteiger partial charge in [0.25, 0.3) is 11.5 Å². The predicted octanol–water partition coefficient (Wildman–Crippen LogP) is 1.91. The molecule has 1 N–H and O–H groups in total. The van der Waals surface area contributed by atoms with Crippen LogP contribution in [0.3, 0.4) is 0 Å². The van der Waals surface area contributed by atoms with Gasteiger partial charge in [-0.3, -0.25) is 14.2 Å². The maximum Gasteiger partial charge on any atom is 0.286 e. The van der Waals surface area contributed by atoms with Gasteiger partial charge in [0.15, 0.2) is 0 Å². The summed E-state index contributed by atoms with van der Waals surface area (Å²) < 4.78 is 19.8. The highest BCUT2D eigenvalue weighted by Crippen LogP contribution is 2.26. The summed E-state index contributed by atoms with van der Waals surface area (Å²) in [6, 6.07) is 13.4. The average Bonchev–Trinajstić information content (AvgIpc) is 3.19. The van der Waals surface area contributed by atoms with Gasteiger partial charge in [-0.05, 0) is 48.4 Å². The molecule has 30 heavy (non-hydrogen) atoms. The number of benzene rings is 2. The quantitative estimate of drug-likeness (QED) is 0.669. The second kappa shape index (κ2) is 8.32. The fraction of sp³-hybridized carbons (Fsp3) is 0.238. The molecule has 1 aliphatic heterocycles. The molecule has 0 atom stereocenters. The van der Waals surface area contributed by atoms with E-state index in [1.54, 1.807) is 24.1 Å². The second-order valence-electron chi connectivity index (χ2n) is 6.79. The van der Waals surface area contributed by atoms with Crippen LogP contribution in [0.1, 0.15) is 16.1 Å². The standard InChI is InChI=1S/C21H20FN5O3/c1-30-17-4-2-3-14(13-17)9-10-23-19(28)18-20(29)27-12-11-26(21(27)25-24-18)16-7-5-15(22)6-8-16/h2-8,13H,9-12H2,1H3,(H,23,28). The SMILES string of the molecule is COc1cccc(CCNC(=O)c2nnc3n(c2=O)CCN3c2ccc(F)cc2)c1. The molecule has 0 saturated carbocycles. The molecule has 0 saturated heterocycles. The molecule has 0 fully saturated rings. The van der Waals surface area contributed by atoms with Crippen LogP contribution in [-0.2, 0) is 13.0 Å². The number of anilines is 2. The Morgan fingerprint density at radius 2 is 1.97 bits per heavy atom. The summed E-state index contributed by atoms with van der Waals surface area (Å²) in [5.74, 6) is 0.167. The fourth-order valence-electron chi connectivity index (χ4n) is 3.35. The molecule has 1 aliphatic rings. The number of amides is 1. The van der Waals surface area contributed by atoms with Crippen LogP contribution < -0.4 is 20.5 Å². The number of halogens is 1. The zero-order valence-corrected chi connectivity index (χ0v) is 16.3. The van der Waals surface area contributed by atoms with Crippen LogP contribution in [0, 0.1) is 5.82 Å². The molecule has 8 nitrogen and oxygen atoms in total. The Balaban J connectivity index is 1.46. The molecule has 1 aromatic heterocycles. The number of aromatic nitrogens is 3. The molecule has 154 valence electrons. The highest BCUT2D eigenvalue weighted by molar-refractivity contribution is 5.91. The third-order valence-electron chi connectivity index (χ3n) is 4.90. The molecular weight excluding hydrogens is 389 g/mol. The maximum absolute atomic E-state index is 13.2. The minimum Gasteiger partial charge on any atom is -0.497 e. The van der Waals surface area contributed by atoms with Gasteiger partial charge in [0, 0.05) is 25.3 Å². The Hall–Kier alpha value is -3.75. The first-order chi connectivity index (χ1) is 14.6. The topological polar surface area (TPSA) is 89.3 Å². The third-order valence-corrected chi connectivity index (χ3v) is 4.90. The van der Waals surface area contributed by atoms with E-state index in [0.717, 1.165) is 11.3 Å². The molecule has 0 aliphatic carbocycles. The molecule has 4 rings (SSSR count).